The van der Waals surface area contributed by atoms with Crippen LogP contribution < -0.4 is 19.7 Å². The minimum atomic E-state index is -0.425. The molecule has 1 aliphatic heterocycles. The summed E-state index contributed by atoms with van der Waals surface area (Å²) in [6.45, 7) is 2.17. The van der Waals surface area contributed by atoms with Gasteiger partial charge >= 0.3 is 6.03 Å². The van der Waals surface area contributed by atoms with E-state index in [4.69, 9.17) is 9.47 Å². The molecular weight excluding hydrogens is 416 g/mol. The van der Waals surface area contributed by atoms with E-state index in [2.05, 4.69) is 20.2 Å². The van der Waals surface area contributed by atoms with E-state index in [9.17, 15) is 14.9 Å². The van der Waals surface area contributed by atoms with Crippen molar-refractivity contribution < 1.29 is 19.2 Å². The quantitative estimate of drug-likeness (QED) is 0.476. The van der Waals surface area contributed by atoms with Crippen molar-refractivity contribution in [2.24, 2.45) is 0 Å². The van der Waals surface area contributed by atoms with Crippen molar-refractivity contribution in [3.8, 4) is 11.6 Å². The third-order valence-corrected chi connectivity index (χ3v) is 5.25. The number of nitrogens with one attached hydrogen (secondary N) is 1. The first kappa shape index (κ1) is 21.1. The van der Waals surface area contributed by atoms with Gasteiger partial charge in [-0.2, -0.15) is 0 Å². The number of nitro benzene ring substituents is 1. The van der Waals surface area contributed by atoms with Crippen LogP contribution in [0.2, 0.25) is 0 Å². The molecule has 2 aromatic carbocycles. The molecular formula is C21H22N6O5. The van der Waals surface area contributed by atoms with Gasteiger partial charge in [-0.25, -0.2) is 14.8 Å². The highest BCUT2D eigenvalue weighted by atomic mass is 16.6. The van der Waals surface area contributed by atoms with E-state index in [0.717, 1.165) is 5.69 Å². The first-order valence-corrected chi connectivity index (χ1v) is 9.93. The molecule has 4 rings (SSSR count). The Bertz CT molecular complexity index is 1150. The Balaban J connectivity index is 1.43. The fraction of sp³-hybridized carbons (Fsp3) is 0.286. The molecule has 1 fully saturated rings. The van der Waals surface area contributed by atoms with Crippen molar-refractivity contribution in [1.82, 2.24) is 14.9 Å². The van der Waals surface area contributed by atoms with E-state index in [1.54, 1.807) is 42.3 Å². The smallest absolute Gasteiger partial charge is 0.323 e. The lowest BCUT2D eigenvalue weighted by molar-refractivity contribution is -0.384. The zero-order valence-electron chi connectivity index (χ0n) is 17.6. The molecule has 32 heavy (non-hydrogen) atoms. The second kappa shape index (κ2) is 8.92. The van der Waals surface area contributed by atoms with E-state index in [0.29, 0.717) is 43.0 Å². The number of non-ortho nitro benzene ring substituents is 1. The third kappa shape index (κ3) is 4.31. The Morgan fingerprint density at radius 3 is 2.34 bits per heavy atom. The molecule has 2 heterocycles. The molecule has 11 heteroatoms. The van der Waals surface area contributed by atoms with Gasteiger partial charge in [0.1, 0.15) is 5.75 Å². The van der Waals surface area contributed by atoms with Crippen LogP contribution in [0.15, 0.2) is 42.5 Å². The minimum Gasteiger partial charge on any atom is -0.497 e. The van der Waals surface area contributed by atoms with Crippen LogP contribution in [0.3, 0.4) is 0 Å². The lowest BCUT2D eigenvalue weighted by Crippen LogP contribution is -2.50. The number of carbonyl (C=O) groups excluding carboxylic acids is 1. The van der Waals surface area contributed by atoms with Crippen molar-refractivity contribution in [3.05, 3.63) is 52.6 Å². The molecule has 0 bridgehead atoms. The summed E-state index contributed by atoms with van der Waals surface area (Å²) in [4.78, 5) is 35.9. The number of piperazine rings is 1. The Kier molecular flexibility index (Phi) is 5.88. The van der Waals surface area contributed by atoms with E-state index in [1.165, 1.54) is 19.2 Å². The Morgan fingerprint density at radius 2 is 1.72 bits per heavy atom. The number of methoxy groups -OCH3 is 2. The summed E-state index contributed by atoms with van der Waals surface area (Å²) in [5.41, 5.74) is 2.13. The normalized spacial score (nSPS) is 13.7. The lowest BCUT2D eigenvalue weighted by Gasteiger charge is -2.36. The highest BCUT2D eigenvalue weighted by Crippen LogP contribution is 2.26. The molecule has 1 aliphatic rings. The van der Waals surface area contributed by atoms with Crippen molar-refractivity contribution in [1.29, 1.82) is 0 Å². The second-order valence-electron chi connectivity index (χ2n) is 7.11. The molecule has 0 aliphatic carbocycles. The topological polar surface area (TPSA) is 123 Å². The molecule has 3 aromatic rings. The largest absolute Gasteiger partial charge is 0.497 e. The van der Waals surface area contributed by atoms with Gasteiger partial charge in [0.05, 0.1) is 30.2 Å². The molecule has 0 saturated carbocycles. The van der Waals surface area contributed by atoms with Gasteiger partial charge in [-0.1, -0.05) is 0 Å². The van der Waals surface area contributed by atoms with Crippen molar-refractivity contribution in [2.45, 2.75) is 0 Å². The molecule has 0 unspecified atom stereocenters. The average molecular weight is 438 g/mol. The molecule has 166 valence electrons. The second-order valence-corrected chi connectivity index (χ2v) is 7.11. The number of anilines is 2. The molecule has 1 saturated heterocycles. The summed E-state index contributed by atoms with van der Waals surface area (Å²) < 4.78 is 10.5. The van der Waals surface area contributed by atoms with Gasteiger partial charge in [-0.15, -0.1) is 0 Å². The average Bonchev–Trinajstić information content (AvgIpc) is 2.83. The zero-order valence-corrected chi connectivity index (χ0v) is 17.6. The number of nitro groups is 1. The van der Waals surface area contributed by atoms with E-state index in [1.807, 2.05) is 0 Å². The molecule has 0 spiro atoms. The number of fused-ring (bicyclic) bond motifs is 1. The SMILES string of the molecule is COc1ccc2nc(OC)c(NC(=O)N3CCN(c4ccc([N+](=O)[O-])cc4)CC3)nc2c1. The van der Waals surface area contributed by atoms with Gasteiger partial charge < -0.3 is 19.3 Å². The summed E-state index contributed by atoms with van der Waals surface area (Å²) in [6.07, 6.45) is 0. The van der Waals surface area contributed by atoms with Crippen molar-refractivity contribution >= 4 is 34.3 Å². The fourth-order valence-corrected chi connectivity index (χ4v) is 3.50. The molecule has 1 N–H and O–H groups in total. The number of carbonyl (C=O) groups is 1. The Morgan fingerprint density at radius 1 is 1.00 bits per heavy atom. The number of benzene rings is 2. The third-order valence-electron chi connectivity index (χ3n) is 5.25. The van der Waals surface area contributed by atoms with Crippen LogP contribution in [0, 0.1) is 10.1 Å². The molecule has 0 atom stereocenters. The number of hydrogen-bond donors (Lipinski definition) is 1. The predicted octanol–water partition coefficient (Wildman–Crippen LogP) is 2.91. The highest BCUT2D eigenvalue weighted by Gasteiger charge is 2.23. The van der Waals surface area contributed by atoms with Gasteiger partial charge in [-0.3, -0.25) is 15.4 Å². The van der Waals surface area contributed by atoms with Crippen LogP contribution in [-0.4, -0.2) is 66.2 Å². The summed E-state index contributed by atoms with van der Waals surface area (Å²) in [5.74, 6) is 1.09. The standard InChI is InChI=1S/C21H22N6O5/c1-31-16-7-8-17-18(13-16)22-19(20(23-17)32-2)24-21(28)26-11-9-25(10-12-26)14-3-5-15(6-4-14)27(29)30/h3-8,13H,9-12H2,1-2H3,(H,22,24,28). The van der Waals surface area contributed by atoms with Crippen LogP contribution in [-0.2, 0) is 0 Å². The van der Waals surface area contributed by atoms with Gasteiger partial charge in [-0.05, 0) is 24.3 Å². The Labute approximate surface area is 183 Å². The van der Waals surface area contributed by atoms with Crippen molar-refractivity contribution in [2.75, 3.05) is 50.6 Å². The summed E-state index contributed by atoms with van der Waals surface area (Å²) >= 11 is 0. The van der Waals surface area contributed by atoms with E-state index >= 15 is 0 Å². The molecule has 2 amide bonds. The van der Waals surface area contributed by atoms with Crippen LogP contribution in [0.1, 0.15) is 0 Å². The fourth-order valence-electron chi connectivity index (χ4n) is 3.50. The maximum absolute atomic E-state index is 12.8. The van der Waals surface area contributed by atoms with Crippen LogP contribution >= 0.6 is 0 Å². The van der Waals surface area contributed by atoms with Gasteiger partial charge in [0.2, 0.25) is 0 Å². The zero-order chi connectivity index (χ0) is 22.7. The first-order chi connectivity index (χ1) is 15.5. The maximum Gasteiger partial charge on any atom is 0.323 e. The highest BCUT2D eigenvalue weighted by molar-refractivity contribution is 5.91. The monoisotopic (exact) mass is 438 g/mol. The number of ether oxygens (including phenoxy) is 2. The number of nitrogens with zero attached hydrogens (tertiary/aromatic N) is 5. The summed E-state index contributed by atoms with van der Waals surface area (Å²) in [6, 6.07) is 11.4. The molecule has 1 aromatic heterocycles. The van der Waals surface area contributed by atoms with Crippen molar-refractivity contribution in [3.63, 3.8) is 0 Å². The number of aromatic nitrogens is 2. The summed E-state index contributed by atoms with van der Waals surface area (Å²) in [5, 5.41) is 13.6. The van der Waals surface area contributed by atoms with Crippen LogP contribution in [0.25, 0.3) is 11.0 Å². The van der Waals surface area contributed by atoms with Gasteiger partial charge in [0.25, 0.3) is 11.6 Å². The number of rotatable bonds is 5. The minimum absolute atomic E-state index is 0.0508. The van der Waals surface area contributed by atoms with E-state index < -0.39 is 4.92 Å². The van der Waals surface area contributed by atoms with Gasteiger partial charge in [0, 0.05) is 50.1 Å². The molecule has 0 radical (unpaired) electrons. The predicted molar refractivity (Wildman–Crippen MR) is 119 cm³/mol. The Hall–Kier alpha value is -4.15. The summed E-state index contributed by atoms with van der Waals surface area (Å²) in [7, 11) is 3.04. The maximum atomic E-state index is 12.8. The number of urea groups is 1. The number of hydrogen-bond acceptors (Lipinski definition) is 8. The lowest BCUT2D eigenvalue weighted by atomic mass is 10.2. The van der Waals surface area contributed by atoms with Crippen LogP contribution in [0.4, 0.5) is 22.0 Å². The van der Waals surface area contributed by atoms with E-state index in [-0.39, 0.29) is 23.4 Å². The number of amides is 2. The van der Waals surface area contributed by atoms with Gasteiger partial charge in [0.15, 0.2) is 5.82 Å². The van der Waals surface area contributed by atoms with Crippen LogP contribution in [0.5, 0.6) is 11.6 Å². The molecule has 11 nitrogen and oxygen atoms in total. The first-order valence-electron chi connectivity index (χ1n) is 9.93.